The van der Waals surface area contributed by atoms with Crippen LogP contribution in [-0.4, -0.2) is 19.6 Å². The van der Waals surface area contributed by atoms with E-state index in [-0.39, 0.29) is 0 Å². The first kappa shape index (κ1) is 16.5. The predicted octanol–water partition coefficient (Wildman–Crippen LogP) is 5.57. The van der Waals surface area contributed by atoms with Crippen LogP contribution in [0.3, 0.4) is 0 Å². The smallest absolute Gasteiger partial charge is 0.0794 e. The molecular weight excluding hydrogens is 444 g/mol. The van der Waals surface area contributed by atoms with Crippen LogP contribution in [0, 0.1) is 0 Å². The minimum atomic E-state index is 0.715. The van der Waals surface area contributed by atoms with Gasteiger partial charge in [0.2, 0.25) is 0 Å². The molecule has 2 aromatic heterocycles. The van der Waals surface area contributed by atoms with E-state index >= 15 is 0 Å². The van der Waals surface area contributed by atoms with Crippen molar-refractivity contribution in [2.24, 2.45) is 0 Å². The number of para-hydroxylation sites is 1. The van der Waals surface area contributed by atoms with E-state index in [2.05, 4.69) is 74.2 Å². The Morgan fingerprint density at radius 3 is 2.68 bits per heavy atom. The Morgan fingerprint density at radius 1 is 1.08 bits per heavy atom. The van der Waals surface area contributed by atoms with Gasteiger partial charge in [0.15, 0.2) is 0 Å². The highest BCUT2D eigenvalue weighted by molar-refractivity contribution is 9.10. The van der Waals surface area contributed by atoms with Crippen LogP contribution in [0.4, 0.5) is 0 Å². The highest BCUT2D eigenvalue weighted by Gasteiger charge is 2.14. The molecule has 4 aromatic rings. The number of aryl methyl sites for hydroxylation is 1. The van der Waals surface area contributed by atoms with Crippen LogP contribution in [0.2, 0.25) is 0 Å². The van der Waals surface area contributed by atoms with E-state index in [1.165, 1.54) is 0 Å². The maximum absolute atomic E-state index is 4.76. The lowest BCUT2D eigenvalue weighted by atomic mass is 10.1. The van der Waals surface area contributed by atoms with Gasteiger partial charge in [-0.15, -0.1) is 0 Å². The Morgan fingerprint density at radius 2 is 1.92 bits per heavy atom. The van der Waals surface area contributed by atoms with Gasteiger partial charge in [-0.05, 0) is 47.1 Å². The van der Waals surface area contributed by atoms with Crippen LogP contribution >= 0.6 is 31.9 Å². The van der Waals surface area contributed by atoms with Crippen molar-refractivity contribution in [2.45, 2.75) is 18.8 Å². The zero-order valence-electron chi connectivity index (χ0n) is 13.7. The van der Waals surface area contributed by atoms with Crippen molar-refractivity contribution in [1.82, 2.24) is 19.6 Å². The molecule has 0 aliphatic rings. The van der Waals surface area contributed by atoms with Crippen LogP contribution in [-0.2, 0) is 11.9 Å². The zero-order chi connectivity index (χ0) is 17.4. The first-order valence-electron chi connectivity index (χ1n) is 8.07. The van der Waals surface area contributed by atoms with Gasteiger partial charge in [0.1, 0.15) is 0 Å². The van der Waals surface area contributed by atoms with E-state index < -0.39 is 0 Å². The van der Waals surface area contributed by atoms with Gasteiger partial charge in [0.05, 0.1) is 28.8 Å². The van der Waals surface area contributed by atoms with Gasteiger partial charge in [0.25, 0.3) is 0 Å². The summed E-state index contributed by atoms with van der Waals surface area (Å²) in [5, 5.41) is 11.1. The van der Waals surface area contributed by atoms with E-state index in [1.54, 1.807) is 0 Å². The number of halogens is 2. The molecule has 0 atom stereocenters. The van der Waals surface area contributed by atoms with Crippen molar-refractivity contribution in [3.05, 3.63) is 64.9 Å². The first-order chi connectivity index (χ1) is 12.2. The van der Waals surface area contributed by atoms with Gasteiger partial charge in [-0.1, -0.05) is 40.2 Å². The number of rotatable bonds is 4. The fourth-order valence-corrected chi connectivity index (χ4v) is 3.72. The van der Waals surface area contributed by atoms with E-state index in [1.807, 2.05) is 33.8 Å². The average Bonchev–Trinajstić information content (AvgIpc) is 3.25. The molecule has 0 saturated heterocycles. The number of alkyl halides is 1. The minimum Gasteiger partial charge on any atom is -0.265 e. The topological polar surface area (TPSA) is 35.6 Å². The van der Waals surface area contributed by atoms with E-state index in [0.29, 0.717) is 5.33 Å². The maximum atomic E-state index is 4.76. The predicted molar refractivity (Wildman–Crippen MR) is 108 cm³/mol. The lowest BCUT2D eigenvalue weighted by Crippen LogP contribution is -2.01. The quantitative estimate of drug-likeness (QED) is 0.374. The molecule has 0 N–H and O–H groups in total. The van der Waals surface area contributed by atoms with Crippen molar-refractivity contribution >= 4 is 42.8 Å². The van der Waals surface area contributed by atoms with Gasteiger partial charge < -0.3 is 0 Å². The lowest BCUT2D eigenvalue weighted by molar-refractivity contribution is 0.684. The van der Waals surface area contributed by atoms with Crippen LogP contribution < -0.4 is 0 Å². The van der Waals surface area contributed by atoms with Crippen LogP contribution in [0.25, 0.3) is 27.8 Å². The van der Waals surface area contributed by atoms with Gasteiger partial charge in [0, 0.05) is 27.3 Å². The van der Waals surface area contributed by atoms with Crippen LogP contribution in [0.5, 0.6) is 0 Å². The Hall–Kier alpha value is -1.92. The second kappa shape index (κ2) is 6.77. The molecule has 0 radical (unpaired) electrons. The summed E-state index contributed by atoms with van der Waals surface area (Å²) in [6.07, 6.45) is 1.91. The second-order valence-corrected chi connectivity index (χ2v) is 7.17. The lowest BCUT2D eigenvalue weighted by Gasteiger charge is -2.10. The standard InChI is InChI=1S/C19H16Br2N4/c1-2-24-18-9-13(7-8-14(18)12-22-24)19-10-15(11-20)23-25(19)17-6-4-3-5-16(17)21/h3-10,12H,2,11H2,1H3. The summed E-state index contributed by atoms with van der Waals surface area (Å²) >= 11 is 7.16. The van der Waals surface area contributed by atoms with Crippen molar-refractivity contribution in [2.75, 3.05) is 0 Å². The third kappa shape index (κ3) is 2.93. The maximum Gasteiger partial charge on any atom is 0.0794 e. The molecule has 4 nitrogen and oxygen atoms in total. The number of hydrogen-bond acceptors (Lipinski definition) is 2. The fourth-order valence-electron chi connectivity index (χ4n) is 2.99. The van der Waals surface area contributed by atoms with Gasteiger partial charge >= 0.3 is 0 Å². The SMILES string of the molecule is CCn1ncc2ccc(-c3cc(CBr)nn3-c3ccccc3Br)cc21. The Bertz CT molecular complexity index is 1050. The minimum absolute atomic E-state index is 0.715. The van der Waals surface area contributed by atoms with Crippen LogP contribution in [0.1, 0.15) is 12.6 Å². The van der Waals surface area contributed by atoms with Crippen molar-refractivity contribution < 1.29 is 0 Å². The molecule has 0 fully saturated rings. The third-order valence-corrected chi connectivity index (χ3v) is 5.46. The fraction of sp³-hybridized carbons (Fsp3) is 0.158. The van der Waals surface area contributed by atoms with E-state index in [0.717, 1.165) is 44.6 Å². The summed E-state index contributed by atoms with van der Waals surface area (Å²) in [5.74, 6) is 0. The number of fused-ring (bicyclic) bond motifs is 1. The summed E-state index contributed by atoms with van der Waals surface area (Å²) in [5.41, 5.74) is 5.34. The first-order valence-corrected chi connectivity index (χ1v) is 9.98. The molecule has 25 heavy (non-hydrogen) atoms. The molecule has 2 heterocycles. The number of hydrogen-bond donors (Lipinski definition) is 0. The highest BCUT2D eigenvalue weighted by Crippen LogP contribution is 2.30. The summed E-state index contributed by atoms with van der Waals surface area (Å²) in [4.78, 5) is 0. The number of benzene rings is 2. The molecule has 0 aliphatic heterocycles. The van der Waals surface area contributed by atoms with E-state index in [4.69, 9.17) is 5.10 Å². The summed E-state index contributed by atoms with van der Waals surface area (Å²) in [6, 6.07) is 16.7. The molecule has 6 heteroatoms. The largest absolute Gasteiger partial charge is 0.265 e. The number of aromatic nitrogens is 4. The molecular formula is C19H16Br2N4. The number of nitrogens with zero attached hydrogens (tertiary/aromatic N) is 4. The Kier molecular flexibility index (Phi) is 4.48. The molecule has 0 spiro atoms. The molecule has 0 aliphatic carbocycles. The van der Waals surface area contributed by atoms with Crippen molar-refractivity contribution in [1.29, 1.82) is 0 Å². The zero-order valence-corrected chi connectivity index (χ0v) is 16.8. The summed E-state index contributed by atoms with van der Waals surface area (Å²) < 4.78 is 5.03. The van der Waals surface area contributed by atoms with Crippen molar-refractivity contribution in [3.8, 4) is 16.9 Å². The van der Waals surface area contributed by atoms with Gasteiger partial charge in [-0.25, -0.2) is 4.68 Å². The third-order valence-electron chi connectivity index (χ3n) is 4.22. The summed E-state index contributed by atoms with van der Waals surface area (Å²) in [6.45, 7) is 2.95. The monoisotopic (exact) mass is 458 g/mol. The Balaban J connectivity index is 1.93. The summed E-state index contributed by atoms with van der Waals surface area (Å²) in [7, 11) is 0. The molecule has 0 bridgehead atoms. The Labute approximate surface area is 162 Å². The second-order valence-electron chi connectivity index (χ2n) is 5.75. The molecule has 4 rings (SSSR count). The van der Waals surface area contributed by atoms with Gasteiger partial charge in [-0.2, -0.15) is 10.2 Å². The van der Waals surface area contributed by atoms with Crippen molar-refractivity contribution in [3.63, 3.8) is 0 Å². The van der Waals surface area contributed by atoms with Crippen LogP contribution in [0.15, 0.2) is 59.2 Å². The normalized spacial score (nSPS) is 11.3. The average molecular weight is 460 g/mol. The highest BCUT2D eigenvalue weighted by atomic mass is 79.9. The van der Waals surface area contributed by atoms with E-state index in [9.17, 15) is 0 Å². The molecule has 0 unspecified atom stereocenters. The van der Waals surface area contributed by atoms with Gasteiger partial charge in [-0.3, -0.25) is 4.68 Å². The molecule has 0 saturated carbocycles. The molecule has 2 aromatic carbocycles. The molecule has 126 valence electrons. The molecule has 0 amide bonds.